The summed E-state index contributed by atoms with van der Waals surface area (Å²) >= 11 is 0. The zero-order chi connectivity index (χ0) is 27.0. The summed E-state index contributed by atoms with van der Waals surface area (Å²) in [5, 5.41) is 26.9. The van der Waals surface area contributed by atoms with Gasteiger partial charge in [-0.2, -0.15) is 16.8 Å². The van der Waals surface area contributed by atoms with Crippen molar-refractivity contribution in [2.75, 3.05) is 24.7 Å². The lowest BCUT2D eigenvalue weighted by molar-refractivity contribution is 0.479. The van der Waals surface area contributed by atoms with Crippen LogP contribution in [0.15, 0.2) is 58.3 Å². The minimum atomic E-state index is -4.33. The molecule has 0 unspecified atom stereocenters. The molecule has 4 aromatic carbocycles. The Balaban J connectivity index is 0.000000201. The van der Waals surface area contributed by atoms with E-state index in [0.29, 0.717) is 38.7 Å². The SMILES string of the molecule is CNc1c(C)cc(S(=O)(=O)O)c2cccc(O)c12.CNc1ccc(S(=O)(=O)O)c2cc(C)cc(O)c12. The number of fused-ring (bicyclic) bond motifs is 2. The predicted octanol–water partition coefficient (Wildman–Crippen LogP) is 4.28. The topological polar surface area (TPSA) is 173 Å². The summed E-state index contributed by atoms with van der Waals surface area (Å²) in [6.07, 6.45) is 0. The van der Waals surface area contributed by atoms with Crippen LogP contribution in [0.1, 0.15) is 11.1 Å². The van der Waals surface area contributed by atoms with Gasteiger partial charge in [0, 0.05) is 47.0 Å². The Morgan fingerprint density at radius 2 is 1.33 bits per heavy atom. The van der Waals surface area contributed by atoms with Crippen molar-refractivity contribution >= 4 is 53.2 Å². The maximum absolute atomic E-state index is 11.4. The van der Waals surface area contributed by atoms with E-state index in [4.69, 9.17) is 0 Å². The second kappa shape index (κ2) is 9.82. The highest BCUT2D eigenvalue weighted by Gasteiger charge is 2.20. The van der Waals surface area contributed by atoms with Crippen molar-refractivity contribution in [3.63, 3.8) is 0 Å². The van der Waals surface area contributed by atoms with Gasteiger partial charge in [-0.05, 0) is 61.4 Å². The Labute approximate surface area is 208 Å². The zero-order valence-electron chi connectivity index (χ0n) is 19.9. The van der Waals surface area contributed by atoms with E-state index in [0.717, 1.165) is 0 Å². The van der Waals surface area contributed by atoms with Crippen LogP contribution in [-0.4, -0.2) is 50.2 Å². The first kappa shape index (κ1) is 27.0. The molecule has 36 heavy (non-hydrogen) atoms. The molecule has 12 heteroatoms. The highest BCUT2D eigenvalue weighted by atomic mass is 32.2. The first-order valence-corrected chi connectivity index (χ1v) is 13.4. The minimum Gasteiger partial charge on any atom is -0.507 e. The zero-order valence-corrected chi connectivity index (χ0v) is 21.5. The Morgan fingerprint density at radius 1 is 0.694 bits per heavy atom. The number of rotatable bonds is 4. The van der Waals surface area contributed by atoms with Crippen LogP contribution in [0.25, 0.3) is 21.5 Å². The van der Waals surface area contributed by atoms with Crippen LogP contribution in [0.5, 0.6) is 11.5 Å². The molecule has 0 bridgehead atoms. The number of benzene rings is 4. The molecule has 0 saturated heterocycles. The number of phenols is 2. The molecule has 10 nitrogen and oxygen atoms in total. The monoisotopic (exact) mass is 534 g/mol. The maximum atomic E-state index is 11.4. The lowest BCUT2D eigenvalue weighted by Crippen LogP contribution is -2.02. The normalized spacial score (nSPS) is 11.7. The van der Waals surface area contributed by atoms with E-state index in [1.165, 1.54) is 36.4 Å². The van der Waals surface area contributed by atoms with Crippen LogP contribution in [0.4, 0.5) is 11.4 Å². The summed E-state index contributed by atoms with van der Waals surface area (Å²) < 4.78 is 63.8. The molecule has 0 aliphatic heterocycles. The molecule has 0 spiro atoms. The van der Waals surface area contributed by atoms with E-state index < -0.39 is 20.2 Å². The number of hydrogen-bond donors (Lipinski definition) is 6. The summed E-state index contributed by atoms with van der Waals surface area (Å²) in [4.78, 5) is -0.416. The molecule has 0 aliphatic rings. The molecular weight excluding hydrogens is 508 g/mol. The second-order valence-corrected chi connectivity index (χ2v) is 10.8. The number of aryl methyl sites for hydroxylation is 2. The van der Waals surface area contributed by atoms with Gasteiger partial charge in [0.2, 0.25) is 0 Å². The molecule has 0 aliphatic carbocycles. The van der Waals surface area contributed by atoms with Gasteiger partial charge in [-0.25, -0.2) is 0 Å². The number of hydrogen-bond acceptors (Lipinski definition) is 8. The first-order valence-electron chi connectivity index (χ1n) is 10.5. The first-order chi connectivity index (χ1) is 16.7. The van der Waals surface area contributed by atoms with Crippen LogP contribution >= 0.6 is 0 Å². The van der Waals surface area contributed by atoms with Crippen molar-refractivity contribution in [1.29, 1.82) is 0 Å². The van der Waals surface area contributed by atoms with Gasteiger partial charge in [-0.15, -0.1) is 0 Å². The fourth-order valence-electron chi connectivity index (χ4n) is 4.10. The smallest absolute Gasteiger partial charge is 0.295 e. The van der Waals surface area contributed by atoms with Crippen LogP contribution in [-0.2, 0) is 20.2 Å². The third-order valence-electron chi connectivity index (χ3n) is 5.57. The number of anilines is 2. The maximum Gasteiger partial charge on any atom is 0.295 e. The van der Waals surface area contributed by atoms with Crippen LogP contribution in [0.2, 0.25) is 0 Å². The second-order valence-electron chi connectivity index (χ2n) is 8.03. The Hall–Kier alpha value is -3.58. The van der Waals surface area contributed by atoms with Gasteiger partial charge in [0.1, 0.15) is 21.3 Å². The van der Waals surface area contributed by atoms with Crippen molar-refractivity contribution in [2.24, 2.45) is 0 Å². The molecule has 192 valence electrons. The summed E-state index contributed by atoms with van der Waals surface area (Å²) in [7, 11) is -5.31. The standard InChI is InChI=1S/2C12H13NO4S/c1-7-5-8-11(18(15,16)17)4-3-9(13-2)12(8)10(14)6-7;1-7-6-10(18(15,16)17)8-4-3-5-9(14)11(8)12(7)13-2/h2*3-6,13-14H,1-2H3,(H,15,16,17). The van der Waals surface area contributed by atoms with Gasteiger partial charge in [0.05, 0.1) is 0 Å². The molecule has 0 aromatic heterocycles. The molecular formula is C24H26N2O8S2. The van der Waals surface area contributed by atoms with E-state index in [-0.39, 0.29) is 26.7 Å². The molecule has 0 amide bonds. The van der Waals surface area contributed by atoms with Gasteiger partial charge >= 0.3 is 0 Å². The van der Waals surface area contributed by atoms with Crippen molar-refractivity contribution in [3.8, 4) is 11.5 Å². The highest BCUT2D eigenvalue weighted by molar-refractivity contribution is 7.86. The largest absolute Gasteiger partial charge is 0.507 e. The molecule has 0 atom stereocenters. The van der Waals surface area contributed by atoms with Gasteiger partial charge in [-0.1, -0.05) is 12.1 Å². The third kappa shape index (κ3) is 5.16. The van der Waals surface area contributed by atoms with Crippen LogP contribution in [0, 0.1) is 13.8 Å². The van der Waals surface area contributed by atoms with Gasteiger partial charge in [0.15, 0.2) is 0 Å². The lowest BCUT2D eigenvalue weighted by Gasteiger charge is -2.13. The summed E-state index contributed by atoms with van der Waals surface area (Å²) in [5.41, 5.74) is 2.56. The highest BCUT2D eigenvalue weighted by Crippen LogP contribution is 2.38. The van der Waals surface area contributed by atoms with E-state index in [2.05, 4.69) is 10.6 Å². The molecule has 4 aromatic rings. The van der Waals surface area contributed by atoms with Crippen molar-refractivity contribution in [2.45, 2.75) is 23.6 Å². The van der Waals surface area contributed by atoms with Crippen molar-refractivity contribution in [3.05, 3.63) is 59.7 Å². The Kier molecular flexibility index (Phi) is 7.37. The summed E-state index contributed by atoms with van der Waals surface area (Å²) in [6, 6.07) is 11.9. The van der Waals surface area contributed by atoms with Crippen molar-refractivity contribution < 1.29 is 36.2 Å². The quantitative estimate of drug-likeness (QED) is 0.207. The van der Waals surface area contributed by atoms with Crippen LogP contribution < -0.4 is 10.6 Å². The number of phenolic OH excluding ortho intramolecular Hbond substituents is 2. The van der Waals surface area contributed by atoms with E-state index in [9.17, 15) is 36.2 Å². The summed E-state index contributed by atoms with van der Waals surface area (Å²) in [5.74, 6) is -0.0645. The Bertz CT molecular complexity index is 1700. The van der Waals surface area contributed by atoms with E-state index in [1.807, 2.05) is 0 Å². The molecule has 6 N–H and O–H groups in total. The lowest BCUT2D eigenvalue weighted by atomic mass is 10.0. The minimum absolute atomic E-state index is 0.0279. The number of nitrogens with one attached hydrogen (secondary N) is 2. The molecule has 0 saturated carbocycles. The summed E-state index contributed by atoms with van der Waals surface area (Å²) in [6.45, 7) is 3.44. The average Bonchev–Trinajstić information content (AvgIpc) is 2.77. The number of aromatic hydroxyl groups is 2. The fraction of sp³-hybridized carbons (Fsp3) is 0.167. The van der Waals surface area contributed by atoms with Gasteiger partial charge in [0.25, 0.3) is 20.2 Å². The Morgan fingerprint density at radius 3 is 1.89 bits per heavy atom. The van der Waals surface area contributed by atoms with Gasteiger partial charge < -0.3 is 20.8 Å². The molecule has 0 fully saturated rings. The van der Waals surface area contributed by atoms with E-state index >= 15 is 0 Å². The molecule has 4 rings (SSSR count). The van der Waals surface area contributed by atoms with Gasteiger partial charge in [-0.3, -0.25) is 9.11 Å². The third-order valence-corrected chi connectivity index (χ3v) is 7.38. The molecule has 0 heterocycles. The average molecular weight is 535 g/mol. The van der Waals surface area contributed by atoms with E-state index in [1.54, 1.807) is 40.1 Å². The predicted molar refractivity (Wildman–Crippen MR) is 139 cm³/mol. The fourth-order valence-corrected chi connectivity index (χ4v) is 5.55. The molecule has 0 radical (unpaired) electrons. The van der Waals surface area contributed by atoms with Crippen molar-refractivity contribution in [1.82, 2.24) is 0 Å². The van der Waals surface area contributed by atoms with Crippen LogP contribution in [0.3, 0.4) is 0 Å².